The van der Waals surface area contributed by atoms with Gasteiger partial charge in [-0.3, -0.25) is 0 Å². The van der Waals surface area contributed by atoms with Crippen molar-refractivity contribution in [3.05, 3.63) is 63.7 Å². The molecule has 0 amide bonds. The van der Waals surface area contributed by atoms with Crippen LogP contribution in [0.15, 0.2) is 30.3 Å². The molecular weight excluding hydrogens is 230 g/mol. The minimum atomic E-state index is 0.886. The molecule has 19 heavy (non-hydrogen) atoms. The van der Waals surface area contributed by atoms with Crippen molar-refractivity contribution in [1.29, 1.82) is 0 Å². The van der Waals surface area contributed by atoms with Gasteiger partial charge in [0.15, 0.2) is 0 Å². The molecule has 2 aromatic carbocycles. The average Bonchev–Trinajstić information content (AvgIpc) is 2.30. The second-order valence-electron chi connectivity index (χ2n) is 5.56. The predicted molar refractivity (Wildman–Crippen MR) is 83.9 cm³/mol. The van der Waals surface area contributed by atoms with E-state index in [1.807, 2.05) is 0 Å². The van der Waals surface area contributed by atoms with E-state index in [0.29, 0.717) is 0 Å². The van der Waals surface area contributed by atoms with E-state index in [2.05, 4.69) is 70.3 Å². The first-order valence-corrected chi connectivity index (χ1v) is 6.85. The molecule has 0 aliphatic carbocycles. The van der Waals surface area contributed by atoms with Crippen molar-refractivity contribution in [1.82, 2.24) is 0 Å². The Morgan fingerprint density at radius 1 is 0.737 bits per heavy atom. The van der Waals surface area contributed by atoms with Gasteiger partial charge in [0.1, 0.15) is 0 Å². The van der Waals surface area contributed by atoms with E-state index >= 15 is 0 Å². The van der Waals surface area contributed by atoms with Gasteiger partial charge in [0.2, 0.25) is 0 Å². The Morgan fingerprint density at radius 3 is 1.89 bits per heavy atom. The molecule has 2 rings (SSSR count). The van der Waals surface area contributed by atoms with E-state index in [9.17, 15) is 0 Å². The molecule has 0 fully saturated rings. The maximum absolute atomic E-state index is 3.59. The Morgan fingerprint density at radius 2 is 1.32 bits per heavy atom. The van der Waals surface area contributed by atoms with Gasteiger partial charge in [0.05, 0.1) is 0 Å². The second-order valence-corrected chi connectivity index (χ2v) is 5.56. The van der Waals surface area contributed by atoms with Gasteiger partial charge in [-0.15, -0.1) is 0 Å². The van der Waals surface area contributed by atoms with Crippen molar-refractivity contribution in [2.45, 2.75) is 41.2 Å². The molecule has 0 radical (unpaired) electrons. The monoisotopic (exact) mass is 253 g/mol. The Bertz CT molecular complexity index is 574. The Balaban J connectivity index is 2.19. The van der Waals surface area contributed by atoms with Crippen LogP contribution in [0.2, 0.25) is 0 Å². The third kappa shape index (κ3) is 3.17. The number of anilines is 1. The van der Waals surface area contributed by atoms with Gasteiger partial charge < -0.3 is 5.32 Å². The van der Waals surface area contributed by atoms with Crippen LogP contribution in [0.3, 0.4) is 0 Å². The summed E-state index contributed by atoms with van der Waals surface area (Å²) >= 11 is 0. The molecule has 0 aliphatic heterocycles. The van der Waals surface area contributed by atoms with Crippen LogP contribution in [0.25, 0.3) is 0 Å². The maximum Gasteiger partial charge on any atom is 0.0403 e. The highest BCUT2D eigenvalue weighted by Gasteiger charge is 2.04. The van der Waals surface area contributed by atoms with Crippen LogP contribution >= 0.6 is 0 Å². The molecule has 0 aliphatic rings. The van der Waals surface area contributed by atoms with Crippen LogP contribution < -0.4 is 5.32 Å². The summed E-state index contributed by atoms with van der Waals surface area (Å²) in [5.41, 5.74) is 9.28. The molecule has 1 heteroatoms. The van der Waals surface area contributed by atoms with Gasteiger partial charge in [0.25, 0.3) is 0 Å². The van der Waals surface area contributed by atoms with E-state index in [1.165, 1.54) is 39.1 Å². The highest BCUT2D eigenvalue weighted by Crippen LogP contribution is 2.23. The molecule has 0 spiro atoms. The molecule has 0 saturated heterocycles. The Hall–Kier alpha value is -1.76. The molecule has 0 atom stereocenters. The summed E-state index contributed by atoms with van der Waals surface area (Å²) in [5.74, 6) is 0. The Kier molecular flexibility index (Phi) is 3.94. The molecule has 2 aromatic rings. The highest BCUT2D eigenvalue weighted by molar-refractivity contribution is 5.58. The molecule has 1 N–H and O–H groups in total. The zero-order chi connectivity index (χ0) is 14.0. The summed E-state index contributed by atoms with van der Waals surface area (Å²) in [7, 11) is 0. The lowest BCUT2D eigenvalue weighted by Crippen LogP contribution is -2.04. The molecule has 0 saturated carbocycles. The van der Waals surface area contributed by atoms with E-state index in [4.69, 9.17) is 0 Å². The summed E-state index contributed by atoms with van der Waals surface area (Å²) in [4.78, 5) is 0. The van der Waals surface area contributed by atoms with E-state index in [-0.39, 0.29) is 0 Å². The third-order valence-electron chi connectivity index (χ3n) is 3.63. The fourth-order valence-electron chi connectivity index (χ4n) is 2.69. The fourth-order valence-corrected chi connectivity index (χ4v) is 2.69. The fraction of sp³-hybridized carbons (Fsp3) is 0.333. The number of hydrogen-bond donors (Lipinski definition) is 1. The maximum atomic E-state index is 3.59. The van der Waals surface area contributed by atoms with Gasteiger partial charge in [0, 0.05) is 12.2 Å². The molecular formula is C18H23N. The molecule has 0 bridgehead atoms. The van der Waals surface area contributed by atoms with Crippen molar-refractivity contribution in [2.75, 3.05) is 5.32 Å². The number of benzene rings is 2. The number of nitrogens with one attached hydrogen (secondary N) is 1. The topological polar surface area (TPSA) is 12.0 Å². The van der Waals surface area contributed by atoms with Gasteiger partial charge >= 0.3 is 0 Å². The minimum Gasteiger partial charge on any atom is -0.381 e. The lowest BCUT2D eigenvalue weighted by Gasteiger charge is -2.15. The first kappa shape index (κ1) is 13.7. The minimum absolute atomic E-state index is 0.886. The van der Waals surface area contributed by atoms with Crippen molar-refractivity contribution in [2.24, 2.45) is 0 Å². The largest absolute Gasteiger partial charge is 0.381 e. The third-order valence-corrected chi connectivity index (χ3v) is 3.63. The van der Waals surface area contributed by atoms with Crippen LogP contribution in [0.5, 0.6) is 0 Å². The highest BCUT2D eigenvalue weighted by atomic mass is 14.9. The summed E-state index contributed by atoms with van der Waals surface area (Å²) in [5, 5.41) is 3.59. The zero-order valence-electron chi connectivity index (χ0n) is 12.6. The molecule has 1 nitrogen and oxygen atoms in total. The lowest BCUT2D eigenvalue weighted by molar-refractivity contribution is 1.10. The predicted octanol–water partition coefficient (Wildman–Crippen LogP) is 4.84. The van der Waals surface area contributed by atoms with E-state index in [0.717, 1.165) is 6.54 Å². The van der Waals surface area contributed by atoms with Crippen molar-refractivity contribution in [3.63, 3.8) is 0 Å². The summed E-state index contributed by atoms with van der Waals surface area (Å²) in [6, 6.07) is 11.1. The van der Waals surface area contributed by atoms with Crippen molar-refractivity contribution < 1.29 is 0 Å². The van der Waals surface area contributed by atoms with Crippen molar-refractivity contribution in [3.8, 4) is 0 Å². The molecule has 0 heterocycles. The van der Waals surface area contributed by atoms with Crippen LogP contribution in [0.4, 0.5) is 5.69 Å². The van der Waals surface area contributed by atoms with Crippen LogP contribution in [-0.4, -0.2) is 0 Å². The Labute approximate surface area is 116 Å². The number of hydrogen-bond acceptors (Lipinski definition) is 1. The lowest BCUT2D eigenvalue weighted by atomic mass is 10.0. The number of aryl methyl sites for hydroxylation is 5. The molecule has 0 unspecified atom stereocenters. The normalized spacial score (nSPS) is 10.6. The number of rotatable bonds is 3. The van der Waals surface area contributed by atoms with Crippen molar-refractivity contribution >= 4 is 5.69 Å². The summed E-state index contributed by atoms with van der Waals surface area (Å²) in [6.45, 7) is 11.7. The van der Waals surface area contributed by atoms with E-state index < -0.39 is 0 Å². The molecule has 0 aromatic heterocycles. The standard InChI is InChI=1S/C18H23N/c1-12-6-7-17(14(3)8-12)11-19-18-15(4)9-13(2)10-16(18)5/h6-10,19H,11H2,1-5H3. The van der Waals surface area contributed by atoms with Gasteiger partial charge in [-0.1, -0.05) is 41.5 Å². The first-order chi connectivity index (χ1) is 8.97. The van der Waals surface area contributed by atoms with Gasteiger partial charge in [-0.05, 0) is 56.9 Å². The first-order valence-electron chi connectivity index (χ1n) is 6.85. The van der Waals surface area contributed by atoms with Crippen LogP contribution in [0.1, 0.15) is 33.4 Å². The zero-order valence-corrected chi connectivity index (χ0v) is 12.6. The van der Waals surface area contributed by atoms with Gasteiger partial charge in [-0.2, -0.15) is 0 Å². The SMILES string of the molecule is Cc1ccc(CNc2c(C)cc(C)cc2C)c(C)c1. The van der Waals surface area contributed by atoms with Crippen LogP contribution in [0, 0.1) is 34.6 Å². The van der Waals surface area contributed by atoms with Gasteiger partial charge in [-0.25, -0.2) is 0 Å². The summed E-state index contributed by atoms with van der Waals surface area (Å²) < 4.78 is 0. The second kappa shape index (κ2) is 5.48. The average molecular weight is 253 g/mol. The molecule has 100 valence electrons. The quantitative estimate of drug-likeness (QED) is 0.825. The smallest absolute Gasteiger partial charge is 0.0403 e. The summed E-state index contributed by atoms with van der Waals surface area (Å²) in [6.07, 6.45) is 0. The van der Waals surface area contributed by atoms with Crippen LogP contribution in [-0.2, 0) is 6.54 Å². The van der Waals surface area contributed by atoms with E-state index in [1.54, 1.807) is 0 Å².